The molecule has 0 unspecified atom stereocenters. The predicted molar refractivity (Wildman–Crippen MR) is 500 cm³/mol. The molecule has 10 amide bonds. The number of ether oxygens (including phenoxy) is 3. The zero-order chi connectivity index (χ0) is 96.8. The SMILES string of the molecule is C=CC[C@H]1C(=O)N([C@@H](Cc2ccc3ccccc3c2)C(=O)NC)CCN1C(=O)[C@@H](Cc1ccc(F)cc1)NC(=O)OC(C)(C)C.C=CC[C@H]1C(=O)N([C@@H](Cc2ccc3ccccc3c2)C(=O)O)CCN1C(=O)[C@@H](Cc1ccc(F)cc1)NC(=O)OC(C)(C)C.C=CC[C@H]1C(=O)N([C@@H](Cc2ccc3ccccc3c2)C(=O)O)CCN1C(=O)[C@@H](Cc1ccc(F)cc1)NC(=O)OC(C)(C)C. The van der Waals surface area contributed by atoms with Gasteiger partial charge in [-0.25, -0.2) is 37.1 Å². The van der Waals surface area contributed by atoms with Gasteiger partial charge in [0.1, 0.15) is 88.6 Å². The van der Waals surface area contributed by atoms with Gasteiger partial charge < -0.3 is 75.1 Å². The number of piperazine rings is 3. The molecule has 12 rings (SSSR count). The van der Waals surface area contributed by atoms with Crippen molar-refractivity contribution in [1.82, 2.24) is 50.7 Å². The van der Waals surface area contributed by atoms with Crippen LogP contribution >= 0.6 is 0 Å². The number of benzene rings is 9. The molecule has 0 saturated carbocycles. The Bertz CT molecular complexity index is 5490. The minimum absolute atomic E-state index is 0.0154. The average Bonchev–Trinajstić information content (AvgIpc) is 0.793. The summed E-state index contributed by atoms with van der Waals surface area (Å²) >= 11 is 0. The molecule has 9 atom stereocenters. The molecule has 3 saturated heterocycles. The summed E-state index contributed by atoms with van der Waals surface area (Å²) in [6.07, 6.45) is 3.02. The standard InChI is InChI=1S/C35H41FN4O5.2C34H38FN3O6/c1-6-9-29-33(43)40(30(31(41)37-5)22-24-12-15-25-10-7-8-11-26(25)20-24)19-18-39(29)32(42)28(38-34(44)45-35(2,3)4)21-23-13-16-27(36)17-14-23;2*1-5-8-28-31(40)38(29(32(41)42)21-23-11-14-24-9-6-7-10-25(24)19-23)18-17-37(28)30(39)27(36-33(43)44-34(2,3)4)20-22-12-15-26(35)16-13-22/h6-8,10-17,20,28-30H,1,9,18-19,21-22H2,2-5H3,(H,37,41)(H,38,44);2*5-7,9-16,19,27-29H,1,8,17-18,20-21H2,2-4H3,(H,36,43)(H,41,42)/t28-,29+,30+;2*27-,28+,29+/m111/s1. The summed E-state index contributed by atoms with van der Waals surface area (Å²) < 4.78 is 56.9. The predicted octanol–water partition coefficient (Wildman–Crippen LogP) is 13.8. The van der Waals surface area contributed by atoms with Gasteiger partial charge in [-0.15, -0.1) is 19.7 Å². The van der Waals surface area contributed by atoms with Crippen molar-refractivity contribution in [3.05, 3.63) is 289 Å². The molecule has 3 aliphatic rings. The van der Waals surface area contributed by atoms with Crippen LogP contribution in [0.4, 0.5) is 27.6 Å². The Hall–Kier alpha value is -14.2. The van der Waals surface area contributed by atoms with E-state index in [1.54, 1.807) is 68.4 Å². The zero-order valence-electron chi connectivity index (χ0n) is 76.5. The van der Waals surface area contributed by atoms with Gasteiger partial charge >= 0.3 is 30.2 Å². The van der Waals surface area contributed by atoms with Crippen LogP contribution in [0.1, 0.15) is 115 Å². The first-order chi connectivity index (χ1) is 63.1. The number of hydrogen-bond acceptors (Lipinski definition) is 15. The number of nitrogens with one attached hydrogen (secondary N) is 4. The average molecular weight is 1820 g/mol. The van der Waals surface area contributed by atoms with Crippen molar-refractivity contribution in [3.8, 4) is 0 Å². The molecule has 702 valence electrons. The molecule has 0 aromatic heterocycles. The number of hydrogen-bond donors (Lipinski definition) is 6. The Kier molecular flexibility index (Phi) is 34.6. The van der Waals surface area contributed by atoms with E-state index in [1.807, 2.05) is 127 Å². The van der Waals surface area contributed by atoms with Crippen LogP contribution < -0.4 is 21.3 Å². The summed E-state index contributed by atoms with van der Waals surface area (Å²) in [7, 11) is 1.53. The molecule has 3 fully saturated rings. The number of carbonyl (C=O) groups excluding carboxylic acids is 10. The van der Waals surface area contributed by atoms with Crippen LogP contribution in [-0.2, 0) is 95.9 Å². The lowest BCUT2D eigenvalue weighted by Gasteiger charge is -2.44. The molecule has 3 heterocycles. The molecule has 6 N–H and O–H groups in total. The molecule has 0 spiro atoms. The van der Waals surface area contributed by atoms with E-state index in [4.69, 9.17) is 14.2 Å². The maximum Gasteiger partial charge on any atom is 0.408 e. The fourth-order valence-electron chi connectivity index (χ4n) is 16.4. The molecule has 27 nitrogen and oxygen atoms in total. The van der Waals surface area contributed by atoms with Crippen LogP contribution in [0, 0.1) is 17.5 Å². The molecular formula is C103H117F3N10O17. The van der Waals surface area contributed by atoms with Crippen molar-refractivity contribution >= 4 is 104 Å². The number of carboxylic acids is 2. The minimum atomic E-state index is -1.15. The van der Waals surface area contributed by atoms with Crippen molar-refractivity contribution in [2.75, 3.05) is 46.3 Å². The third-order valence-electron chi connectivity index (χ3n) is 22.6. The van der Waals surface area contributed by atoms with Gasteiger partial charge in [0.15, 0.2) is 0 Å². The topological polar surface area (TPSA) is 341 Å². The molecule has 30 heteroatoms. The van der Waals surface area contributed by atoms with Crippen molar-refractivity contribution in [2.24, 2.45) is 0 Å². The third kappa shape index (κ3) is 28.2. The van der Waals surface area contributed by atoms with Gasteiger partial charge in [-0.3, -0.25) is 33.6 Å². The Morgan fingerprint density at radius 3 is 0.842 bits per heavy atom. The van der Waals surface area contributed by atoms with Gasteiger partial charge in [-0.2, -0.15) is 0 Å². The number of nitrogens with zero attached hydrogens (tertiary/aromatic N) is 6. The van der Waals surface area contributed by atoms with Gasteiger partial charge in [0.05, 0.1) is 0 Å². The minimum Gasteiger partial charge on any atom is -0.480 e. The van der Waals surface area contributed by atoms with Crippen LogP contribution in [0.25, 0.3) is 32.3 Å². The van der Waals surface area contributed by atoms with E-state index in [0.29, 0.717) is 23.1 Å². The number of alkyl carbamates (subject to hydrolysis) is 3. The molecule has 0 bridgehead atoms. The summed E-state index contributed by atoms with van der Waals surface area (Å²) in [6.45, 7) is 26.9. The summed E-state index contributed by atoms with van der Waals surface area (Å²) in [5.74, 6) is -6.92. The van der Waals surface area contributed by atoms with E-state index in [1.165, 1.54) is 121 Å². The third-order valence-corrected chi connectivity index (χ3v) is 22.6. The lowest BCUT2D eigenvalue weighted by molar-refractivity contribution is -0.160. The number of rotatable bonds is 30. The van der Waals surface area contributed by atoms with E-state index in [0.717, 1.165) is 49.0 Å². The first-order valence-electron chi connectivity index (χ1n) is 44.1. The largest absolute Gasteiger partial charge is 0.480 e. The summed E-state index contributed by atoms with van der Waals surface area (Å²) in [6, 6.07) is 48.0. The molecular weight excluding hydrogens is 1710 g/mol. The van der Waals surface area contributed by atoms with Crippen molar-refractivity contribution < 1.29 is 95.1 Å². The Morgan fingerprint density at radius 1 is 0.361 bits per heavy atom. The lowest BCUT2D eigenvalue weighted by Crippen LogP contribution is -2.65. The molecule has 0 radical (unpaired) electrons. The fourth-order valence-corrected chi connectivity index (χ4v) is 16.4. The molecule has 3 aliphatic heterocycles. The molecule has 0 aliphatic carbocycles. The fraction of sp³-hybridized carbons (Fsp3) is 0.359. The van der Waals surface area contributed by atoms with Crippen molar-refractivity contribution in [2.45, 2.75) is 191 Å². The zero-order valence-corrected chi connectivity index (χ0v) is 76.5. The van der Waals surface area contributed by atoms with Gasteiger partial charge in [0, 0.05) is 84.8 Å². The van der Waals surface area contributed by atoms with E-state index < -0.39 is 148 Å². The van der Waals surface area contributed by atoms with Crippen LogP contribution in [-0.4, -0.2) is 229 Å². The van der Waals surface area contributed by atoms with Gasteiger partial charge in [-0.05, 0) is 184 Å². The van der Waals surface area contributed by atoms with Gasteiger partial charge in [0.2, 0.25) is 41.4 Å². The summed E-state index contributed by atoms with van der Waals surface area (Å²) in [4.78, 5) is 169. The van der Waals surface area contributed by atoms with E-state index in [2.05, 4.69) is 41.0 Å². The van der Waals surface area contributed by atoms with Crippen molar-refractivity contribution in [3.63, 3.8) is 0 Å². The molecule has 9 aromatic carbocycles. The van der Waals surface area contributed by atoms with Crippen LogP contribution in [0.5, 0.6) is 0 Å². The second-order valence-corrected chi connectivity index (χ2v) is 35.9. The first-order valence-corrected chi connectivity index (χ1v) is 44.1. The number of amides is 10. The maximum atomic E-state index is 14.1. The Morgan fingerprint density at radius 2 is 0.602 bits per heavy atom. The number of fused-ring (bicyclic) bond motifs is 3. The van der Waals surface area contributed by atoms with Crippen LogP contribution in [0.3, 0.4) is 0 Å². The quantitative estimate of drug-likeness (QED) is 0.0180. The number of carbonyl (C=O) groups is 12. The second-order valence-electron chi connectivity index (χ2n) is 35.9. The van der Waals surface area contributed by atoms with E-state index >= 15 is 0 Å². The van der Waals surface area contributed by atoms with E-state index in [-0.39, 0.29) is 102 Å². The number of halogens is 3. The van der Waals surface area contributed by atoms with Gasteiger partial charge in [-0.1, -0.05) is 182 Å². The highest BCUT2D eigenvalue weighted by Gasteiger charge is 2.48. The van der Waals surface area contributed by atoms with Gasteiger partial charge in [0.25, 0.3) is 0 Å². The van der Waals surface area contributed by atoms with E-state index in [9.17, 15) is 80.9 Å². The highest BCUT2D eigenvalue weighted by atomic mass is 19.1. The monoisotopic (exact) mass is 1820 g/mol. The van der Waals surface area contributed by atoms with Crippen LogP contribution in [0.15, 0.2) is 238 Å². The Labute approximate surface area is 772 Å². The molecule has 9 aromatic rings. The first kappa shape index (κ1) is 101. The van der Waals surface area contributed by atoms with Crippen LogP contribution in [0.2, 0.25) is 0 Å². The normalized spacial score (nSPS) is 16.7. The number of likely N-dealkylation sites (N-methyl/N-ethyl adjacent to an activating group) is 1. The molecule has 133 heavy (non-hydrogen) atoms. The lowest BCUT2D eigenvalue weighted by atomic mass is 9.97. The summed E-state index contributed by atoms with van der Waals surface area (Å²) in [5, 5.41) is 37.0. The highest BCUT2D eigenvalue weighted by molar-refractivity contribution is 5.98. The maximum absolute atomic E-state index is 14.1. The van der Waals surface area contributed by atoms with Crippen molar-refractivity contribution in [1.29, 1.82) is 0 Å². The number of aliphatic carboxylic acids is 2. The summed E-state index contributed by atoms with van der Waals surface area (Å²) in [5.41, 5.74) is 1.78. The number of carboxylic acid groups (broad SMARTS) is 2. The Balaban J connectivity index is 0.000000207. The smallest absolute Gasteiger partial charge is 0.408 e. The second kappa shape index (κ2) is 45.6. The highest BCUT2D eigenvalue weighted by Crippen LogP contribution is 2.30.